The molecule has 7 nitrogen and oxygen atoms in total. The molecule has 0 aliphatic carbocycles. The van der Waals surface area contributed by atoms with Gasteiger partial charge in [0.25, 0.3) is 0 Å². The van der Waals surface area contributed by atoms with Gasteiger partial charge in [-0.15, -0.1) is 0 Å². The lowest BCUT2D eigenvalue weighted by Crippen LogP contribution is -2.42. The van der Waals surface area contributed by atoms with Crippen molar-refractivity contribution in [3.05, 3.63) is 71.9 Å². The van der Waals surface area contributed by atoms with Crippen molar-refractivity contribution < 1.29 is 9.53 Å². The molecular formula is C25H31N5O2. The summed E-state index contributed by atoms with van der Waals surface area (Å²) in [6, 6.07) is 20.2. The molecule has 32 heavy (non-hydrogen) atoms. The fraction of sp³-hybridized carbons (Fsp3) is 0.360. The summed E-state index contributed by atoms with van der Waals surface area (Å²) < 4.78 is 6.99. The summed E-state index contributed by atoms with van der Waals surface area (Å²) in [7, 11) is 3.57. The molecule has 4 rings (SSSR count). The number of rotatable bonds is 7. The summed E-state index contributed by atoms with van der Waals surface area (Å²) >= 11 is 0. The Morgan fingerprint density at radius 3 is 2.47 bits per heavy atom. The van der Waals surface area contributed by atoms with Crippen LogP contribution in [0.3, 0.4) is 0 Å². The van der Waals surface area contributed by atoms with Gasteiger partial charge < -0.3 is 10.1 Å². The molecule has 0 radical (unpaired) electrons. The first-order valence-electron chi connectivity index (χ1n) is 11.0. The van der Waals surface area contributed by atoms with Crippen LogP contribution in [0, 0.1) is 6.92 Å². The molecule has 1 saturated heterocycles. The number of ether oxygens (including phenoxy) is 1. The predicted octanol–water partition coefficient (Wildman–Crippen LogP) is 3.63. The second kappa shape index (κ2) is 9.97. The number of benzene rings is 2. The summed E-state index contributed by atoms with van der Waals surface area (Å²) in [5.74, 6) is 0.914. The number of nitrogens with zero attached hydrogens (tertiary/aromatic N) is 3. The van der Waals surface area contributed by atoms with Gasteiger partial charge in [-0.25, -0.2) is 4.79 Å². The molecule has 2 heterocycles. The molecule has 0 saturated carbocycles. The average Bonchev–Trinajstić information content (AvgIpc) is 3.33. The van der Waals surface area contributed by atoms with Crippen molar-refractivity contribution in [2.45, 2.75) is 18.9 Å². The summed E-state index contributed by atoms with van der Waals surface area (Å²) in [5.41, 5.74) is 4.08. The van der Waals surface area contributed by atoms with Gasteiger partial charge >= 0.3 is 6.03 Å². The number of hydrogen-bond acceptors (Lipinski definition) is 4. The van der Waals surface area contributed by atoms with Crippen molar-refractivity contribution >= 4 is 11.8 Å². The third kappa shape index (κ3) is 4.84. The van der Waals surface area contributed by atoms with Gasteiger partial charge in [0.15, 0.2) is 0 Å². The third-order valence-electron chi connectivity index (χ3n) is 6.07. The number of likely N-dealkylation sites (tertiary alicyclic amines) is 1. The largest absolute Gasteiger partial charge is 0.383 e. The highest BCUT2D eigenvalue weighted by Gasteiger charge is 2.34. The van der Waals surface area contributed by atoms with Crippen LogP contribution in [-0.2, 0) is 11.8 Å². The zero-order valence-corrected chi connectivity index (χ0v) is 18.9. The van der Waals surface area contributed by atoms with Crippen LogP contribution in [0.25, 0.3) is 11.1 Å². The van der Waals surface area contributed by atoms with Gasteiger partial charge in [0, 0.05) is 45.3 Å². The van der Waals surface area contributed by atoms with E-state index in [9.17, 15) is 4.79 Å². The lowest BCUT2D eigenvalue weighted by Gasteiger charge is -2.21. The molecule has 2 amide bonds. The molecule has 0 unspecified atom stereocenters. The first kappa shape index (κ1) is 22.0. The Morgan fingerprint density at radius 1 is 1.09 bits per heavy atom. The van der Waals surface area contributed by atoms with Gasteiger partial charge in [0.2, 0.25) is 0 Å². The number of anilines is 1. The van der Waals surface area contributed by atoms with E-state index in [1.807, 2.05) is 50.4 Å². The molecule has 168 valence electrons. The number of methoxy groups -OCH3 is 1. The first-order valence-corrected chi connectivity index (χ1v) is 11.0. The molecule has 3 aromatic rings. The van der Waals surface area contributed by atoms with E-state index in [1.165, 1.54) is 5.56 Å². The number of nitrogens with one attached hydrogen (secondary N) is 2. The molecule has 2 N–H and O–H groups in total. The lowest BCUT2D eigenvalue weighted by molar-refractivity contribution is 0.159. The SMILES string of the molecule is COCCN1C[C@H](NC(=O)Nc2c(-c3ccccc3)c(C)nn2C)[C@@H](c2ccccc2)C1. The van der Waals surface area contributed by atoms with Crippen LogP contribution in [0.5, 0.6) is 0 Å². The Bertz CT molecular complexity index is 1040. The third-order valence-corrected chi connectivity index (χ3v) is 6.07. The van der Waals surface area contributed by atoms with Crippen molar-refractivity contribution in [2.75, 3.05) is 38.7 Å². The van der Waals surface area contributed by atoms with E-state index in [4.69, 9.17) is 4.74 Å². The standard InChI is InChI=1S/C25H31N5O2/c1-18-23(20-12-8-5-9-13-20)24(29(2)28-18)27-25(31)26-22-17-30(14-15-32-3)16-21(22)19-10-6-4-7-11-19/h4-13,21-22H,14-17H2,1-3H3,(H2,26,27,31)/t21-,22+/m1/s1. The van der Waals surface area contributed by atoms with E-state index in [0.717, 1.165) is 36.5 Å². The van der Waals surface area contributed by atoms with E-state index in [2.05, 4.69) is 44.9 Å². The minimum atomic E-state index is -0.218. The van der Waals surface area contributed by atoms with Gasteiger partial charge in [-0.3, -0.25) is 14.9 Å². The molecule has 1 aromatic heterocycles. The van der Waals surface area contributed by atoms with Crippen LogP contribution >= 0.6 is 0 Å². The molecule has 7 heteroatoms. The number of amides is 2. The topological polar surface area (TPSA) is 71.4 Å². The molecule has 0 bridgehead atoms. The minimum Gasteiger partial charge on any atom is -0.383 e. The number of urea groups is 1. The van der Waals surface area contributed by atoms with Crippen LogP contribution in [0.2, 0.25) is 0 Å². The second-order valence-corrected chi connectivity index (χ2v) is 8.27. The Balaban J connectivity index is 1.52. The highest BCUT2D eigenvalue weighted by atomic mass is 16.5. The number of hydrogen-bond donors (Lipinski definition) is 2. The zero-order chi connectivity index (χ0) is 22.5. The quantitative estimate of drug-likeness (QED) is 0.597. The van der Waals surface area contributed by atoms with Crippen molar-refractivity contribution in [2.24, 2.45) is 7.05 Å². The van der Waals surface area contributed by atoms with E-state index in [0.29, 0.717) is 12.4 Å². The van der Waals surface area contributed by atoms with Crippen molar-refractivity contribution in [1.29, 1.82) is 0 Å². The van der Waals surface area contributed by atoms with E-state index in [1.54, 1.807) is 11.8 Å². The van der Waals surface area contributed by atoms with Gasteiger partial charge in [0.1, 0.15) is 5.82 Å². The van der Waals surface area contributed by atoms with Crippen molar-refractivity contribution in [1.82, 2.24) is 20.0 Å². The van der Waals surface area contributed by atoms with E-state index >= 15 is 0 Å². The van der Waals surface area contributed by atoms with Gasteiger partial charge in [0.05, 0.1) is 18.3 Å². The van der Waals surface area contributed by atoms with Crippen LogP contribution in [0.1, 0.15) is 17.2 Å². The number of carbonyl (C=O) groups excluding carboxylic acids is 1. The van der Waals surface area contributed by atoms with E-state index < -0.39 is 0 Å². The molecule has 1 aliphatic rings. The maximum absolute atomic E-state index is 13.1. The molecular weight excluding hydrogens is 402 g/mol. The average molecular weight is 434 g/mol. The summed E-state index contributed by atoms with van der Waals surface area (Å²) in [6.07, 6.45) is 0. The van der Waals surface area contributed by atoms with Crippen LogP contribution in [-0.4, -0.2) is 60.1 Å². The second-order valence-electron chi connectivity index (χ2n) is 8.27. The maximum atomic E-state index is 13.1. The van der Waals surface area contributed by atoms with Crippen LogP contribution < -0.4 is 10.6 Å². The van der Waals surface area contributed by atoms with Crippen LogP contribution in [0.15, 0.2) is 60.7 Å². The van der Waals surface area contributed by atoms with Gasteiger partial charge in [-0.05, 0) is 18.1 Å². The highest BCUT2D eigenvalue weighted by molar-refractivity contribution is 5.94. The van der Waals surface area contributed by atoms with Gasteiger partial charge in [-0.1, -0.05) is 60.7 Å². The predicted molar refractivity (Wildman–Crippen MR) is 127 cm³/mol. The fourth-order valence-corrected chi connectivity index (χ4v) is 4.54. The highest BCUT2D eigenvalue weighted by Crippen LogP contribution is 2.31. The van der Waals surface area contributed by atoms with Crippen molar-refractivity contribution in [3.8, 4) is 11.1 Å². The molecule has 1 fully saturated rings. The molecule has 2 atom stereocenters. The van der Waals surface area contributed by atoms with E-state index in [-0.39, 0.29) is 18.0 Å². The summed E-state index contributed by atoms with van der Waals surface area (Å²) in [6.45, 7) is 5.15. The number of carbonyl (C=O) groups is 1. The number of aryl methyl sites for hydroxylation is 2. The molecule has 2 aromatic carbocycles. The Labute approximate surface area is 189 Å². The molecule has 1 aliphatic heterocycles. The summed E-state index contributed by atoms with van der Waals surface area (Å²) in [5, 5.41) is 10.8. The Hall–Kier alpha value is -3.16. The zero-order valence-electron chi connectivity index (χ0n) is 18.9. The lowest BCUT2D eigenvalue weighted by atomic mass is 9.94. The number of aromatic nitrogens is 2. The first-order chi connectivity index (χ1) is 15.6. The minimum absolute atomic E-state index is 0.00348. The van der Waals surface area contributed by atoms with Gasteiger partial charge in [-0.2, -0.15) is 5.10 Å². The Kier molecular flexibility index (Phi) is 6.87. The van der Waals surface area contributed by atoms with Crippen LogP contribution in [0.4, 0.5) is 10.6 Å². The Morgan fingerprint density at radius 2 is 1.78 bits per heavy atom. The molecule has 0 spiro atoms. The normalized spacial score (nSPS) is 18.6. The smallest absolute Gasteiger partial charge is 0.320 e. The monoisotopic (exact) mass is 433 g/mol. The maximum Gasteiger partial charge on any atom is 0.320 e. The fourth-order valence-electron chi connectivity index (χ4n) is 4.54. The summed E-state index contributed by atoms with van der Waals surface area (Å²) in [4.78, 5) is 15.4. The van der Waals surface area contributed by atoms with Crippen molar-refractivity contribution in [3.63, 3.8) is 0 Å².